The van der Waals surface area contributed by atoms with Gasteiger partial charge >= 0.3 is 10.4 Å². The first-order valence-corrected chi connectivity index (χ1v) is 10.2. The zero-order chi connectivity index (χ0) is 17.5. The van der Waals surface area contributed by atoms with Gasteiger partial charge in [0.05, 0.1) is 0 Å². The zero-order valence-electron chi connectivity index (χ0n) is 13.7. The predicted molar refractivity (Wildman–Crippen MR) is 99.5 cm³/mol. The van der Waals surface area contributed by atoms with E-state index < -0.39 is 21.6 Å². The van der Waals surface area contributed by atoms with Gasteiger partial charge in [-0.2, -0.15) is 8.42 Å². The molecular formula is C15H24ClNO5S2. The molecule has 0 bridgehead atoms. The highest BCUT2D eigenvalue weighted by Gasteiger charge is 2.13. The molecule has 1 aromatic carbocycles. The Morgan fingerprint density at radius 1 is 1.33 bits per heavy atom. The van der Waals surface area contributed by atoms with Crippen LogP contribution in [0.15, 0.2) is 35.2 Å². The molecule has 0 aliphatic carbocycles. The molecule has 0 amide bonds. The van der Waals surface area contributed by atoms with Gasteiger partial charge in [0, 0.05) is 19.2 Å². The Labute approximate surface area is 153 Å². The van der Waals surface area contributed by atoms with Crippen molar-refractivity contribution in [2.45, 2.75) is 24.7 Å². The Balaban J connectivity index is 0.000000777. The van der Waals surface area contributed by atoms with Crippen LogP contribution < -0.4 is 0 Å². The fourth-order valence-electron chi connectivity index (χ4n) is 2.37. The van der Waals surface area contributed by atoms with Crippen molar-refractivity contribution < 1.29 is 22.1 Å². The molecule has 9 heteroatoms. The van der Waals surface area contributed by atoms with Crippen LogP contribution in [0.4, 0.5) is 0 Å². The van der Waals surface area contributed by atoms with Gasteiger partial charge in [0.15, 0.2) is 4.90 Å². The molecule has 24 heavy (non-hydrogen) atoms. The lowest BCUT2D eigenvalue weighted by atomic mass is 9.99. The Hall–Kier alpha value is -0.610. The van der Waals surface area contributed by atoms with Gasteiger partial charge in [0.25, 0.3) is 0 Å². The van der Waals surface area contributed by atoms with Gasteiger partial charge in [-0.3, -0.25) is 14.0 Å². The standard InChI is InChI=1S/C15H21NOS.ClH.H2O4S/c1-3-9-16-10-7-13(8-11-16)14-5-4-6-15(12-14)18(2)17;;1-5(2,3)4/h4-7,12H,3,8-11H2,1-2H3;1H;(H2,1,2,3,4). The van der Waals surface area contributed by atoms with E-state index in [1.807, 2.05) is 12.1 Å². The van der Waals surface area contributed by atoms with Crippen molar-refractivity contribution in [2.75, 3.05) is 25.9 Å². The van der Waals surface area contributed by atoms with Gasteiger partial charge in [-0.25, -0.2) is 0 Å². The number of hydrogen-bond donors (Lipinski definition) is 2. The van der Waals surface area contributed by atoms with Crippen molar-refractivity contribution in [1.29, 1.82) is 0 Å². The molecule has 1 aromatic rings. The zero-order valence-corrected chi connectivity index (χ0v) is 16.2. The molecule has 1 aliphatic rings. The SMILES string of the molecule is CCCN1CC=C(c2cccc([S+](C)[O-])c2)CC1.Cl.O=S(=O)(O)O. The molecule has 2 N–H and O–H groups in total. The topological polar surface area (TPSA) is 101 Å². The summed E-state index contributed by atoms with van der Waals surface area (Å²) in [6.45, 7) is 5.59. The molecule has 0 saturated carbocycles. The largest absolute Gasteiger partial charge is 0.612 e. The summed E-state index contributed by atoms with van der Waals surface area (Å²) < 4.78 is 43.1. The van der Waals surface area contributed by atoms with Crippen LogP contribution in [0.2, 0.25) is 0 Å². The predicted octanol–water partition coefficient (Wildman–Crippen LogP) is 2.69. The second kappa shape index (κ2) is 11.1. The number of rotatable bonds is 4. The summed E-state index contributed by atoms with van der Waals surface area (Å²) in [5.41, 5.74) is 2.63. The summed E-state index contributed by atoms with van der Waals surface area (Å²) in [5.74, 6) is 0. The summed E-state index contributed by atoms with van der Waals surface area (Å²) >= 11 is -0.891. The maximum atomic E-state index is 11.5. The quantitative estimate of drug-likeness (QED) is 0.598. The number of halogens is 1. The fraction of sp³-hybridized carbons (Fsp3) is 0.467. The highest BCUT2D eigenvalue weighted by Crippen LogP contribution is 2.24. The van der Waals surface area contributed by atoms with Crippen LogP contribution >= 0.6 is 12.4 Å². The van der Waals surface area contributed by atoms with Gasteiger partial charge < -0.3 is 4.55 Å². The van der Waals surface area contributed by atoms with E-state index in [0.29, 0.717) is 0 Å². The van der Waals surface area contributed by atoms with Crippen LogP contribution in [0.5, 0.6) is 0 Å². The molecule has 138 valence electrons. The molecule has 0 aromatic heterocycles. The van der Waals surface area contributed by atoms with Crippen molar-refractivity contribution in [1.82, 2.24) is 4.90 Å². The first-order valence-electron chi connectivity index (χ1n) is 7.26. The first kappa shape index (κ1) is 23.4. The van der Waals surface area contributed by atoms with Gasteiger partial charge in [0.2, 0.25) is 0 Å². The van der Waals surface area contributed by atoms with Crippen molar-refractivity contribution in [3.8, 4) is 0 Å². The van der Waals surface area contributed by atoms with Gasteiger partial charge in [-0.15, -0.1) is 12.4 Å². The van der Waals surface area contributed by atoms with E-state index in [4.69, 9.17) is 17.5 Å². The second-order valence-corrected chi connectivity index (χ2v) is 7.49. The van der Waals surface area contributed by atoms with E-state index in [1.165, 1.54) is 24.1 Å². The van der Waals surface area contributed by atoms with Crippen molar-refractivity contribution >= 4 is 39.6 Å². The molecule has 1 heterocycles. The molecule has 0 fully saturated rings. The summed E-state index contributed by atoms with van der Waals surface area (Å²) in [4.78, 5) is 3.40. The summed E-state index contributed by atoms with van der Waals surface area (Å²) in [5, 5.41) is 0. The molecule has 1 aliphatic heterocycles. The van der Waals surface area contributed by atoms with Crippen molar-refractivity contribution in [2.24, 2.45) is 0 Å². The molecule has 2 rings (SSSR count). The lowest BCUT2D eigenvalue weighted by Crippen LogP contribution is -2.29. The van der Waals surface area contributed by atoms with Crippen molar-refractivity contribution in [3.63, 3.8) is 0 Å². The van der Waals surface area contributed by atoms with E-state index in [1.54, 1.807) is 6.26 Å². The molecule has 1 atom stereocenters. The third-order valence-corrected chi connectivity index (χ3v) is 4.29. The van der Waals surface area contributed by atoms with Gasteiger partial charge in [-0.05, 0) is 47.8 Å². The maximum Gasteiger partial charge on any atom is 0.394 e. The van der Waals surface area contributed by atoms with E-state index in [0.717, 1.165) is 24.4 Å². The number of benzene rings is 1. The Bertz CT molecular complexity index is 627. The fourth-order valence-corrected chi connectivity index (χ4v) is 2.93. The van der Waals surface area contributed by atoms with E-state index in [2.05, 4.69) is 30.0 Å². The Kier molecular flexibility index (Phi) is 10.8. The lowest BCUT2D eigenvalue weighted by molar-refractivity contribution is 0.302. The monoisotopic (exact) mass is 397 g/mol. The molecule has 6 nitrogen and oxygen atoms in total. The maximum absolute atomic E-state index is 11.5. The molecule has 0 saturated heterocycles. The van der Waals surface area contributed by atoms with Gasteiger partial charge in [-0.1, -0.05) is 25.1 Å². The van der Waals surface area contributed by atoms with Crippen LogP contribution in [0, 0.1) is 0 Å². The van der Waals surface area contributed by atoms with Gasteiger partial charge in [0.1, 0.15) is 6.26 Å². The molecular weight excluding hydrogens is 374 g/mol. The molecule has 0 radical (unpaired) electrons. The highest BCUT2D eigenvalue weighted by atomic mass is 35.5. The Morgan fingerprint density at radius 3 is 2.42 bits per heavy atom. The lowest BCUT2D eigenvalue weighted by Gasteiger charge is -2.26. The van der Waals surface area contributed by atoms with E-state index in [9.17, 15) is 4.55 Å². The van der Waals surface area contributed by atoms with E-state index >= 15 is 0 Å². The summed E-state index contributed by atoms with van der Waals surface area (Å²) in [6, 6.07) is 8.13. The normalized spacial score (nSPS) is 16.3. The van der Waals surface area contributed by atoms with Crippen LogP contribution in [-0.4, -0.2) is 52.9 Å². The number of nitrogens with zero attached hydrogens (tertiary/aromatic N) is 1. The minimum absolute atomic E-state index is 0. The first-order chi connectivity index (χ1) is 10.7. The number of hydrogen-bond acceptors (Lipinski definition) is 4. The Morgan fingerprint density at radius 2 is 1.96 bits per heavy atom. The smallest absolute Gasteiger partial charge is 0.394 e. The van der Waals surface area contributed by atoms with Crippen molar-refractivity contribution in [3.05, 3.63) is 35.9 Å². The molecule has 0 spiro atoms. The molecule has 1 unspecified atom stereocenters. The average molecular weight is 398 g/mol. The van der Waals surface area contributed by atoms with E-state index in [-0.39, 0.29) is 12.4 Å². The summed E-state index contributed by atoms with van der Waals surface area (Å²) in [6.07, 6.45) is 6.36. The third kappa shape index (κ3) is 9.63. The highest BCUT2D eigenvalue weighted by molar-refractivity contribution is 7.90. The van der Waals surface area contributed by atoms with Crippen LogP contribution in [-0.2, 0) is 21.6 Å². The van der Waals surface area contributed by atoms with Crippen LogP contribution in [0.1, 0.15) is 25.3 Å². The third-order valence-electron chi connectivity index (χ3n) is 3.37. The second-order valence-electron chi connectivity index (χ2n) is 5.21. The van der Waals surface area contributed by atoms with Crippen LogP contribution in [0.25, 0.3) is 5.57 Å². The van der Waals surface area contributed by atoms with Crippen LogP contribution in [0.3, 0.4) is 0 Å². The summed E-state index contributed by atoms with van der Waals surface area (Å²) in [7, 11) is -4.67. The minimum atomic E-state index is -4.67. The minimum Gasteiger partial charge on any atom is -0.612 e. The average Bonchev–Trinajstić information content (AvgIpc) is 2.47.